The van der Waals surface area contributed by atoms with Crippen molar-refractivity contribution in [3.8, 4) is 0 Å². The highest BCUT2D eigenvalue weighted by Gasteiger charge is 2.28. The summed E-state index contributed by atoms with van der Waals surface area (Å²) in [5.74, 6) is -0.0645. The van der Waals surface area contributed by atoms with Crippen LogP contribution in [0.5, 0.6) is 0 Å². The van der Waals surface area contributed by atoms with E-state index in [2.05, 4.69) is 10.6 Å². The third kappa shape index (κ3) is 1.99. The van der Waals surface area contributed by atoms with Crippen LogP contribution >= 0.6 is 22.9 Å². The number of fused-ring (bicyclic) bond motifs is 2. The normalized spacial score (nSPS) is 17.0. The lowest BCUT2D eigenvalue weighted by molar-refractivity contribution is 0.0935. The number of aryl methyl sites for hydroxylation is 1. The Hall–Kier alpha value is -2.04. The maximum atomic E-state index is 12.4. The largest absolute Gasteiger partial charge is 0.360 e. The van der Waals surface area contributed by atoms with Gasteiger partial charge in [0.15, 0.2) is 0 Å². The van der Waals surface area contributed by atoms with Crippen molar-refractivity contribution < 1.29 is 4.79 Å². The highest BCUT2D eigenvalue weighted by Crippen LogP contribution is 2.40. The fourth-order valence-corrected chi connectivity index (χ4v) is 4.38. The molecule has 3 aromatic rings. The molecule has 4 rings (SSSR count). The molecule has 1 unspecified atom stereocenters. The molecular formula is C17H13ClN2OS. The molecule has 0 spiro atoms. The molecule has 0 fully saturated rings. The Morgan fingerprint density at radius 1 is 1.09 bits per heavy atom. The van der Waals surface area contributed by atoms with Gasteiger partial charge in [0.05, 0.1) is 15.5 Å². The second-order valence-corrected chi connectivity index (χ2v) is 6.79. The Balaban J connectivity index is 1.81. The van der Waals surface area contributed by atoms with Crippen LogP contribution < -0.4 is 10.6 Å². The molecule has 1 amide bonds. The molecule has 2 heterocycles. The number of nitrogens with one attached hydrogen (secondary N) is 2. The van der Waals surface area contributed by atoms with Crippen LogP contribution in [-0.2, 0) is 0 Å². The zero-order chi connectivity index (χ0) is 15.3. The molecule has 110 valence electrons. The highest BCUT2D eigenvalue weighted by atomic mass is 35.5. The van der Waals surface area contributed by atoms with Crippen molar-refractivity contribution in [1.29, 1.82) is 0 Å². The van der Waals surface area contributed by atoms with Crippen molar-refractivity contribution in [2.75, 3.05) is 5.32 Å². The molecule has 0 saturated carbocycles. The van der Waals surface area contributed by atoms with Gasteiger partial charge in [0.2, 0.25) is 0 Å². The Morgan fingerprint density at radius 2 is 1.91 bits per heavy atom. The molecule has 1 aliphatic heterocycles. The van der Waals surface area contributed by atoms with Gasteiger partial charge in [-0.1, -0.05) is 41.9 Å². The molecule has 1 atom stereocenters. The number of amides is 1. The fraction of sp³-hybridized carbons (Fsp3) is 0.118. The SMILES string of the molecule is Cc1cccc2c1C(=O)NC(c1sc3ccccc3c1Cl)N2. The first-order chi connectivity index (χ1) is 10.6. The van der Waals surface area contributed by atoms with Crippen molar-refractivity contribution in [2.45, 2.75) is 13.1 Å². The highest BCUT2D eigenvalue weighted by molar-refractivity contribution is 7.19. The first kappa shape index (κ1) is 13.6. The van der Waals surface area contributed by atoms with Gasteiger partial charge in [0.1, 0.15) is 6.17 Å². The van der Waals surface area contributed by atoms with Gasteiger partial charge >= 0.3 is 0 Å². The topological polar surface area (TPSA) is 41.1 Å². The number of halogens is 1. The second kappa shape index (κ2) is 5.00. The number of thiophene rings is 1. The smallest absolute Gasteiger partial charge is 0.255 e. The summed E-state index contributed by atoms with van der Waals surface area (Å²) in [7, 11) is 0. The molecule has 1 aromatic heterocycles. The summed E-state index contributed by atoms with van der Waals surface area (Å²) < 4.78 is 1.12. The summed E-state index contributed by atoms with van der Waals surface area (Å²) in [6.07, 6.45) is -0.299. The van der Waals surface area contributed by atoms with Gasteiger partial charge in [-0.05, 0) is 24.6 Å². The minimum absolute atomic E-state index is 0.0645. The fourth-order valence-electron chi connectivity index (χ4n) is 2.83. The van der Waals surface area contributed by atoms with Gasteiger partial charge in [-0.15, -0.1) is 11.3 Å². The first-order valence-corrected chi connectivity index (χ1v) is 8.18. The van der Waals surface area contributed by atoms with E-state index in [4.69, 9.17) is 11.6 Å². The van der Waals surface area contributed by atoms with E-state index in [9.17, 15) is 4.79 Å². The van der Waals surface area contributed by atoms with Crippen LogP contribution in [0.1, 0.15) is 27.0 Å². The average molecular weight is 329 g/mol. The Kier molecular flexibility index (Phi) is 3.10. The number of hydrogen-bond donors (Lipinski definition) is 2. The lowest BCUT2D eigenvalue weighted by Gasteiger charge is -2.28. The van der Waals surface area contributed by atoms with Crippen molar-refractivity contribution in [2.24, 2.45) is 0 Å². The summed E-state index contributed by atoms with van der Waals surface area (Å²) in [4.78, 5) is 13.4. The monoisotopic (exact) mass is 328 g/mol. The number of rotatable bonds is 1. The van der Waals surface area contributed by atoms with Crippen molar-refractivity contribution in [3.05, 3.63) is 63.5 Å². The predicted octanol–water partition coefficient (Wildman–Crippen LogP) is 4.72. The van der Waals surface area contributed by atoms with Crippen molar-refractivity contribution in [3.63, 3.8) is 0 Å². The quantitative estimate of drug-likeness (QED) is 0.678. The van der Waals surface area contributed by atoms with E-state index in [0.29, 0.717) is 10.6 Å². The van der Waals surface area contributed by atoms with Crippen LogP contribution in [0.4, 0.5) is 5.69 Å². The van der Waals surface area contributed by atoms with E-state index >= 15 is 0 Å². The summed E-state index contributed by atoms with van der Waals surface area (Å²) in [6.45, 7) is 1.94. The molecule has 0 radical (unpaired) electrons. The molecule has 2 N–H and O–H groups in total. The van der Waals surface area contributed by atoms with E-state index in [-0.39, 0.29) is 12.1 Å². The number of carbonyl (C=O) groups is 1. The van der Waals surface area contributed by atoms with E-state index < -0.39 is 0 Å². The molecule has 2 aromatic carbocycles. The molecule has 0 saturated heterocycles. The number of anilines is 1. The summed E-state index contributed by atoms with van der Waals surface area (Å²) in [5.41, 5.74) is 2.52. The average Bonchev–Trinajstić information content (AvgIpc) is 2.85. The zero-order valence-corrected chi connectivity index (χ0v) is 13.4. The molecular weight excluding hydrogens is 316 g/mol. The Morgan fingerprint density at radius 3 is 2.73 bits per heavy atom. The molecule has 22 heavy (non-hydrogen) atoms. The molecule has 0 aliphatic carbocycles. The van der Waals surface area contributed by atoms with E-state index in [1.54, 1.807) is 11.3 Å². The molecule has 0 bridgehead atoms. The summed E-state index contributed by atoms with van der Waals surface area (Å²) in [5, 5.41) is 8.11. The maximum absolute atomic E-state index is 12.4. The van der Waals surface area contributed by atoms with Crippen LogP contribution in [0.25, 0.3) is 10.1 Å². The summed E-state index contributed by atoms with van der Waals surface area (Å²) >= 11 is 8.12. The Bertz CT molecular complexity index is 903. The molecule has 5 heteroatoms. The van der Waals surface area contributed by atoms with Crippen LogP contribution in [0.3, 0.4) is 0 Å². The van der Waals surface area contributed by atoms with E-state index in [1.165, 1.54) is 0 Å². The Labute approximate surface area is 136 Å². The van der Waals surface area contributed by atoms with Crippen molar-refractivity contribution >= 4 is 44.6 Å². The lowest BCUT2D eigenvalue weighted by atomic mass is 10.0. The van der Waals surface area contributed by atoms with Crippen LogP contribution in [0, 0.1) is 6.92 Å². The molecule has 1 aliphatic rings. The van der Waals surface area contributed by atoms with Crippen LogP contribution in [0.2, 0.25) is 5.02 Å². The third-order valence-corrected chi connectivity index (χ3v) is 5.65. The zero-order valence-electron chi connectivity index (χ0n) is 11.8. The summed E-state index contributed by atoms with van der Waals surface area (Å²) in [6, 6.07) is 13.8. The second-order valence-electron chi connectivity index (χ2n) is 5.32. The van der Waals surface area contributed by atoms with Gasteiger partial charge in [-0.3, -0.25) is 4.79 Å². The van der Waals surface area contributed by atoms with Gasteiger partial charge in [-0.2, -0.15) is 0 Å². The standard InChI is InChI=1S/C17H13ClN2OS/c1-9-5-4-7-11-13(9)17(21)20-16(19-11)15-14(18)10-6-2-3-8-12(10)22-15/h2-8,16,19H,1H3,(H,20,21). The minimum Gasteiger partial charge on any atom is -0.360 e. The van der Waals surface area contributed by atoms with Gasteiger partial charge in [-0.25, -0.2) is 0 Å². The molecule has 3 nitrogen and oxygen atoms in total. The number of hydrogen-bond acceptors (Lipinski definition) is 3. The lowest BCUT2D eigenvalue weighted by Crippen LogP contribution is -2.38. The number of carbonyl (C=O) groups excluding carboxylic acids is 1. The van der Waals surface area contributed by atoms with Gasteiger partial charge in [0.25, 0.3) is 5.91 Å². The van der Waals surface area contributed by atoms with E-state index in [1.807, 2.05) is 49.4 Å². The third-order valence-electron chi connectivity index (χ3n) is 3.90. The first-order valence-electron chi connectivity index (χ1n) is 6.99. The van der Waals surface area contributed by atoms with E-state index in [0.717, 1.165) is 26.2 Å². The minimum atomic E-state index is -0.299. The van der Waals surface area contributed by atoms with Crippen molar-refractivity contribution in [1.82, 2.24) is 5.32 Å². The van der Waals surface area contributed by atoms with Gasteiger partial charge in [0, 0.05) is 15.8 Å². The predicted molar refractivity (Wildman–Crippen MR) is 91.8 cm³/mol. The van der Waals surface area contributed by atoms with Crippen LogP contribution in [0.15, 0.2) is 42.5 Å². The van der Waals surface area contributed by atoms with Crippen LogP contribution in [-0.4, -0.2) is 5.91 Å². The maximum Gasteiger partial charge on any atom is 0.255 e. The van der Waals surface area contributed by atoms with Gasteiger partial charge < -0.3 is 10.6 Å². The number of benzene rings is 2.